The van der Waals surface area contributed by atoms with Crippen LogP contribution in [0.5, 0.6) is 0 Å². The fourth-order valence-corrected chi connectivity index (χ4v) is 3.32. The summed E-state index contributed by atoms with van der Waals surface area (Å²) in [7, 11) is 0. The van der Waals surface area contributed by atoms with Crippen LogP contribution >= 0.6 is 0 Å². The van der Waals surface area contributed by atoms with Crippen LogP contribution < -0.4 is 5.32 Å². The average Bonchev–Trinajstić information content (AvgIpc) is 2.91. The molecule has 0 radical (unpaired) electrons. The smallest absolute Gasteiger partial charge is 0.240 e. The van der Waals surface area contributed by atoms with Gasteiger partial charge in [0.1, 0.15) is 0 Å². The number of benzene rings is 1. The standard InChI is InChI=1S/C21H30FN3O/c1-13(2)12-14(3)10-11-15(4)17-8-6-7-9-18(17)23-21(26)19-16(5)24-25-20(19)22/h6-9,12,14-15,21,23,26H,10-11H2,1-5H3,(H,24,25). The number of aryl methyl sites for hydroxylation is 1. The summed E-state index contributed by atoms with van der Waals surface area (Å²) < 4.78 is 13.8. The van der Waals surface area contributed by atoms with E-state index in [2.05, 4.69) is 55.4 Å². The van der Waals surface area contributed by atoms with E-state index in [1.165, 1.54) is 5.57 Å². The number of aliphatic hydroxyl groups is 1. The molecule has 0 bridgehead atoms. The highest BCUT2D eigenvalue weighted by Crippen LogP contribution is 2.31. The van der Waals surface area contributed by atoms with Crippen molar-refractivity contribution >= 4 is 5.69 Å². The van der Waals surface area contributed by atoms with Crippen molar-refractivity contribution < 1.29 is 9.50 Å². The van der Waals surface area contributed by atoms with Crippen molar-refractivity contribution in [1.29, 1.82) is 0 Å². The summed E-state index contributed by atoms with van der Waals surface area (Å²) in [4.78, 5) is 0. The molecule has 2 rings (SSSR count). The van der Waals surface area contributed by atoms with Crippen LogP contribution in [-0.2, 0) is 0 Å². The van der Waals surface area contributed by atoms with Gasteiger partial charge in [-0.25, -0.2) is 0 Å². The molecule has 3 atom stereocenters. The molecule has 0 aliphatic heterocycles. The molecule has 5 heteroatoms. The van der Waals surface area contributed by atoms with Crippen molar-refractivity contribution in [2.75, 3.05) is 5.32 Å². The minimum atomic E-state index is -1.15. The zero-order valence-corrected chi connectivity index (χ0v) is 16.3. The van der Waals surface area contributed by atoms with Gasteiger partial charge in [0.25, 0.3) is 0 Å². The number of aromatic nitrogens is 2. The van der Waals surface area contributed by atoms with E-state index in [1.807, 2.05) is 18.2 Å². The molecule has 0 saturated heterocycles. The second kappa shape index (κ2) is 8.99. The van der Waals surface area contributed by atoms with E-state index in [4.69, 9.17) is 0 Å². The van der Waals surface area contributed by atoms with Gasteiger partial charge in [0.2, 0.25) is 5.95 Å². The number of aromatic amines is 1. The molecular formula is C21H30FN3O. The van der Waals surface area contributed by atoms with Crippen LogP contribution in [0.25, 0.3) is 0 Å². The Hall–Kier alpha value is -2.14. The average molecular weight is 359 g/mol. The van der Waals surface area contributed by atoms with Crippen LogP contribution in [0.4, 0.5) is 10.1 Å². The Labute approximate surface area is 155 Å². The van der Waals surface area contributed by atoms with Crippen molar-refractivity contribution in [2.45, 2.75) is 59.6 Å². The normalized spacial score (nSPS) is 14.6. The molecule has 2 aromatic rings. The van der Waals surface area contributed by atoms with Crippen molar-refractivity contribution in [3.63, 3.8) is 0 Å². The fraction of sp³-hybridized carbons (Fsp3) is 0.476. The molecule has 3 unspecified atom stereocenters. The Morgan fingerprint density at radius 1 is 1.27 bits per heavy atom. The molecule has 4 nitrogen and oxygen atoms in total. The lowest BCUT2D eigenvalue weighted by Crippen LogP contribution is -2.14. The summed E-state index contributed by atoms with van der Waals surface area (Å²) in [5.41, 5.74) is 3.96. The van der Waals surface area contributed by atoms with Gasteiger partial charge in [-0.3, -0.25) is 5.10 Å². The predicted octanol–water partition coefficient (Wildman–Crippen LogP) is 5.45. The Kier molecular flexibility index (Phi) is 6.98. The first-order valence-corrected chi connectivity index (χ1v) is 9.18. The predicted molar refractivity (Wildman–Crippen MR) is 105 cm³/mol. The van der Waals surface area contributed by atoms with Gasteiger partial charge in [0.05, 0.1) is 5.56 Å². The van der Waals surface area contributed by atoms with Crippen LogP contribution in [0, 0.1) is 18.8 Å². The van der Waals surface area contributed by atoms with E-state index in [9.17, 15) is 9.50 Å². The molecule has 0 aliphatic rings. The monoisotopic (exact) mass is 359 g/mol. The summed E-state index contributed by atoms with van der Waals surface area (Å²) in [5, 5.41) is 19.5. The SMILES string of the molecule is CC(C)=CC(C)CCC(C)c1ccccc1NC(O)c1c(F)n[nH]c1C. The third-order valence-corrected chi connectivity index (χ3v) is 4.68. The molecular weight excluding hydrogens is 329 g/mol. The molecule has 0 aliphatic carbocycles. The Morgan fingerprint density at radius 2 is 1.96 bits per heavy atom. The van der Waals surface area contributed by atoms with Crippen LogP contribution in [0.3, 0.4) is 0 Å². The van der Waals surface area contributed by atoms with Gasteiger partial charge in [-0.2, -0.15) is 4.39 Å². The summed E-state index contributed by atoms with van der Waals surface area (Å²) in [6, 6.07) is 7.88. The van der Waals surface area contributed by atoms with Crippen molar-refractivity contribution in [3.05, 3.63) is 58.7 Å². The number of halogens is 1. The van der Waals surface area contributed by atoms with E-state index in [-0.39, 0.29) is 5.56 Å². The molecule has 142 valence electrons. The minimum absolute atomic E-state index is 0.157. The Balaban J connectivity index is 2.11. The van der Waals surface area contributed by atoms with Gasteiger partial charge in [0.15, 0.2) is 6.23 Å². The first kappa shape index (κ1) is 20.2. The fourth-order valence-electron chi connectivity index (χ4n) is 3.32. The van der Waals surface area contributed by atoms with E-state index in [1.54, 1.807) is 6.92 Å². The van der Waals surface area contributed by atoms with Gasteiger partial charge >= 0.3 is 0 Å². The van der Waals surface area contributed by atoms with Gasteiger partial charge in [-0.15, -0.1) is 5.10 Å². The summed E-state index contributed by atoms with van der Waals surface area (Å²) in [6.45, 7) is 10.4. The highest BCUT2D eigenvalue weighted by Gasteiger charge is 2.20. The topological polar surface area (TPSA) is 60.9 Å². The number of rotatable bonds is 8. The van der Waals surface area contributed by atoms with E-state index < -0.39 is 12.2 Å². The second-order valence-electron chi connectivity index (χ2n) is 7.39. The van der Waals surface area contributed by atoms with Gasteiger partial charge in [-0.1, -0.05) is 43.7 Å². The lowest BCUT2D eigenvalue weighted by molar-refractivity contribution is 0.202. The third kappa shape index (κ3) is 5.18. The van der Waals surface area contributed by atoms with Gasteiger partial charge in [0, 0.05) is 11.4 Å². The van der Waals surface area contributed by atoms with Crippen LogP contribution in [0.1, 0.15) is 69.5 Å². The Bertz CT molecular complexity index is 730. The zero-order valence-electron chi connectivity index (χ0n) is 16.3. The largest absolute Gasteiger partial charge is 0.369 e. The van der Waals surface area contributed by atoms with E-state index in [0.717, 1.165) is 24.1 Å². The highest BCUT2D eigenvalue weighted by atomic mass is 19.1. The van der Waals surface area contributed by atoms with Crippen LogP contribution in [0.2, 0.25) is 0 Å². The van der Waals surface area contributed by atoms with Crippen molar-refractivity contribution in [1.82, 2.24) is 10.2 Å². The maximum Gasteiger partial charge on any atom is 0.240 e. The molecule has 3 N–H and O–H groups in total. The summed E-state index contributed by atoms with van der Waals surface area (Å²) in [5.74, 6) is 0.189. The van der Waals surface area contributed by atoms with E-state index >= 15 is 0 Å². The maximum absolute atomic E-state index is 13.8. The summed E-state index contributed by atoms with van der Waals surface area (Å²) in [6.07, 6.45) is 3.29. The van der Waals surface area contributed by atoms with E-state index in [0.29, 0.717) is 17.5 Å². The molecule has 1 heterocycles. The van der Waals surface area contributed by atoms with Gasteiger partial charge < -0.3 is 10.4 Å². The molecule has 0 fully saturated rings. The lowest BCUT2D eigenvalue weighted by atomic mass is 9.90. The van der Waals surface area contributed by atoms with Crippen molar-refractivity contribution in [2.24, 2.45) is 5.92 Å². The second-order valence-corrected chi connectivity index (χ2v) is 7.39. The van der Waals surface area contributed by atoms with Crippen LogP contribution in [0.15, 0.2) is 35.9 Å². The number of anilines is 1. The number of para-hydroxylation sites is 1. The Morgan fingerprint density at radius 3 is 2.58 bits per heavy atom. The molecule has 0 amide bonds. The van der Waals surface area contributed by atoms with Gasteiger partial charge in [-0.05, 0) is 57.1 Å². The molecule has 1 aromatic carbocycles. The number of H-pyrrole nitrogens is 1. The maximum atomic E-state index is 13.8. The number of aliphatic hydroxyl groups excluding tert-OH is 1. The minimum Gasteiger partial charge on any atom is -0.369 e. The zero-order chi connectivity index (χ0) is 19.3. The number of hydrogen-bond donors (Lipinski definition) is 3. The lowest BCUT2D eigenvalue weighted by Gasteiger charge is -2.21. The first-order chi connectivity index (χ1) is 12.3. The number of nitrogens with zero attached hydrogens (tertiary/aromatic N) is 1. The number of hydrogen-bond acceptors (Lipinski definition) is 3. The summed E-state index contributed by atoms with van der Waals surface area (Å²) >= 11 is 0. The number of nitrogens with one attached hydrogen (secondary N) is 2. The highest BCUT2D eigenvalue weighted by molar-refractivity contribution is 5.53. The molecule has 26 heavy (non-hydrogen) atoms. The molecule has 0 spiro atoms. The number of allylic oxidation sites excluding steroid dienone is 2. The van der Waals surface area contributed by atoms with Crippen molar-refractivity contribution in [3.8, 4) is 0 Å². The van der Waals surface area contributed by atoms with Crippen LogP contribution in [-0.4, -0.2) is 15.3 Å². The molecule has 1 aromatic heterocycles. The molecule has 0 saturated carbocycles. The quantitative estimate of drug-likeness (QED) is 0.434. The third-order valence-electron chi connectivity index (χ3n) is 4.68. The first-order valence-electron chi connectivity index (χ1n) is 9.18.